The van der Waals surface area contributed by atoms with Gasteiger partial charge >= 0.3 is 12.1 Å². The molecule has 1 aromatic carbocycles. The van der Waals surface area contributed by atoms with E-state index in [0.717, 1.165) is 22.1 Å². The molecule has 3 amide bonds. The maximum absolute atomic E-state index is 14.9. The zero-order valence-corrected chi connectivity index (χ0v) is 17.3. The van der Waals surface area contributed by atoms with Gasteiger partial charge in [-0.05, 0) is 0 Å². The number of thiocarbonyl (C=S) groups is 1. The summed E-state index contributed by atoms with van der Waals surface area (Å²) < 4.78 is 60.3. The Morgan fingerprint density at radius 3 is 2.56 bits per heavy atom. The van der Waals surface area contributed by atoms with Gasteiger partial charge in [-0.15, -0.1) is 0 Å². The average molecular weight is 477 g/mol. The lowest BCUT2D eigenvalue weighted by molar-refractivity contribution is -0.102. The van der Waals surface area contributed by atoms with E-state index in [4.69, 9.17) is 15.3 Å². The van der Waals surface area contributed by atoms with E-state index in [1.165, 1.54) is 4.90 Å². The second-order valence-corrected chi connectivity index (χ2v) is 8.04. The van der Waals surface area contributed by atoms with Gasteiger partial charge < -0.3 is 20.7 Å². The maximum Gasteiger partial charge on any atom is 0.415 e. The lowest BCUT2D eigenvalue weighted by Crippen LogP contribution is -2.38. The Balaban J connectivity index is 1.48. The number of carbonyl (C=O) groups excluding carboxylic acids is 2. The smallest absolute Gasteiger partial charge is 0.415 e. The van der Waals surface area contributed by atoms with Crippen molar-refractivity contribution in [3.63, 3.8) is 0 Å². The van der Waals surface area contributed by atoms with Crippen LogP contribution in [0.25, 0.3) is 0 Å². The molecule has 3 aliphatic rings. The minimum atomic E-state index is -2.84. The van der Waals surface area contributed by atoms with E-state index in [0.29, 0.717) is 0 Å². The molecule has 174 valence electrons. The molecule has 0 unspecified atom stereocenters. The quantitative estimate of drug-likeness (QED) is 0.504. The molecule has 1 saturated carbocycles. The van der Waals surface area contributed by atoms with Crippen LogP contribution in [0, 0.1) is 11.6 Å². The van der Waals surface area contributed by atoms with Gasteiger partial charge in [-0.3, -0.25) is 9.74 Å². The molecule has 0 radical (unpaired) electrons. The molecule has 0 aromatic heterocycles. The molecule has 3 N–H and O–H groups in total. The molecular formula is C18H19F4N5O4S. The van der Waals surface area contributed by atoms with Crippen molar-refractivity contribution in [3.8, 4) is 0 Å². The number of nitrogens with zero attached hydrogens (tertiary/aromatic N) is 3. The monoisotopic (exact) mass is 477 g/mol. The zero-order valence-electron chi connectivity index (χ0n) is 16.5. The van der Waals surface area contributed by atoms with Crippen LogP contribution in [0.3, 0.4) is 0 Å². The van der Waals surface area contributed by atoms with Crippen molar-refractivity contribution >= 4 is 40.7 Å². The number of rotatable bonds is 4. The highest BCUT2D eigenvalue weighted by molar-refractivity contribution is 7.80. The summed E-state index contributed by atoms with van der Waals surface area (Å²) in [4.78, 5) is 30.5. The van der Waals surface area contributed by atoms with Gasteiger partial charge in [0.25, 0.3) is 6.43 Å². The first-order valence-electron chi connectivity index (χ1n) is 9.64. The number of hydrogen-bond acceptors (Lipinski definition) is 6. The number of anilines is 2. The van der Waals surface area contributed by atoms with Gasteiger partial charge in [0.2, 0.25) is 0 Å². The van der Waals surface area contributed by atoms with Crippen LogP contribution in [0.1, 0.15) is 6.42 Å². The number of nitrogens with one attached hydrogen (secondary N) is 1. The molecule has 4 rings (SSSR count). The van der Waals surface area contributed by atoms with Crippen LogP contribution < -0.4 is 20.9 Å². The highest BCUT2D eigenvalue weighted by Crippen LogP contribution is 2.46. The second kappa shape index (κ2) is 8.24. The predicted molar refractivity (Wildman–Crippen MR) is 108 cm³/mol. The summed E-state index contributed by atoms with van der Waals surface area (Å²) in [6.07, 6.45) is -3.44. The van der Waals surface area contributed by atoms with Gasteiger partial charge in [0.05, 0.1) is 31.4 Å². The first-order valence-corrected chi connectivity index (χ1v) is 10.0. The van der Waals surface area contributed by atoms with Gasteiger partial charge in [-0.25, -0.2) is 32.2 Å². The van der Waals surface area contributed by atoms with E-state index in [1.807, 2.05) is 0 Å². The fourth-order valence-corrected chi connectivity index (χ4v) is 3.98. The Bertz CT molecular complexity index is 946. The molecule has 1 aliphatic carbocycles. The Kier molecular flexibility index (Phi) is 5.75. The Morgan fingerprint density at radius 2 is 1.94 bits per heavy atom. The van der Waals surface area contributed by atoms with Gasteiger partial charge in [0.15, 0.2) is 17.2 Å². The van der Waals surface area contributed by atoms with Gasteiger partial charge in [0.1, 0.15) is 10.7 Å². The number of nitrogens with two attached hydrogens (primary N) is 1. The first-order chi connectivity index (χ1) is 15.1. The summed E-state index contributed by atoms with van der Waals surface area (Å²) in [6, 6.07) is 0.569. The van der Waals surface area contributed by atoms with Crippen molar-refractivity contribution in [3.05, 3.63) is 23.8 Å². The van der Waals surface area contributed by atoms with E-state index in [9.17, 15) is 27.2 Å². The summed E-state index contributed by atoms with van der Waals surface area (Å²) in [5, 5.41) is 3.35. The van der Waals surface area contributed by atoms with Crippen molar-refractivity contribution in [2.24, 2.45) is 5.73 Å². The number of urea groups is 1. The fraction of sp³-hybridized carbons (Fsp3) is 0.500. The van der Waals surface area contributed by atoms with E-state index in [-0.39, 0.29) is 50.6 Å². The molecular weight excluding hydrogens is 458 g/mol. The molecule has 2 atom stereocenters. The second-order valence-electron chi connectivity index (χ2n) is 7.60. The van der Waals surface area contributed by atoms with Crippen LogP contribution in [0.15, 0.2) is 12.1 Å². The highest BCUT2D eigenvalue weighted by atomic mass is 32.1. The number of hydroxylamine groups is 2. The van der Waals surface area contributed by atoms with Crippen LogP contribution in [-0.2, 0) is 9.57 Å². The number of alkyl halides is 2. The van der Waals surface area contributed by atoms with Crippen LogP contribution in [0.4, 0.5) is 38.5 Å². The van der Waals surface area contributed by atoms with Gasteiger partial charge in [0, 0.05) is 31.6 Å². The molecule has 2 aliphatic heterocycles. The van der Waals surface area contributed by atoms with E-state index in [1.54, 1.807) is 0 Å². The van der Waals surface area contributed by atoms with Crippen molar-refractivity contribution in [1.29, 1.82) is 0 Å². The number of hydrogen-bond donors (Lipinski definition) is 2. The van der Waals surface area contributed by atoms with Crippen LogP contribution >= 0.6 is 12.2 Å². The SMILES string of the molecule is NC(=O)N1CCN(c2c(F)cc(N3C[C@]4(C[C@@H]4NC(=S)C(F)F)OC3=O)cc2F)CCO1. The standard InChI is InChI=1S/C18H19F4N5O4S/c19-10-5-9(6-11(20)13(10)25-1-2-27(16(23)28)30-4-3-25)26-8-18(31-17(26)29)7-12(18)24-15(32)14(21)22/h5-6,12,14H,1-4,7-8H2,(H2,23,28)(H,24,32)/t12-,18-/m0/s1. The molecule has 3 fully saturated rings. The number of benzene rings is 1. The highest BCUT2D eigenvalue weighted by Gasteiger charge is 2.64. The number of amides is 3. The van der Waals surface area contributed by atoms with Crippen molar-refractivity contribution in [2.45, 2.75) is 24.5 Å². The average Bonchev–Trinajstić information content (AvgIpc) is 3.33. The molecule has 32 heavy (non-hydrogen) atoms. The third kappa shape index (κ3) is 4.11. The summed E-state index contributed by atoms with van der Waals surface area (Å²) in [6.45, 7) is 0.0928. The maximum atomic E-state index is 14.9. The summed E-state index contributed by atoms with van der Waals surface area (Å²) in [7, 11) is 0. The third-order valence-corrected chi connectivity index (χ3v) is 5.83. The van der Waals surface area contributed by atoms with Crippen LogP contribution in [0.5, 0.6) is 0 Å². The van der Waals surface area contributed by atoms with Crippen molar-refractivity contribution in [2.75, 3.05) is 42.6 Å². The first kappa shape index (κ1) is 22.3. The van der Waals surface area contributed by atoms with E-state index < -0.39 is 46.8 Å². The lowest BCUT2D eigenvalue weighted by Gasteiger charge is -2.24. The molecule has 1 spiro atoms. The van der Waals surface area contributed by atoms with E-state index >= 15 is 0 Å². The fourth-order valence-electron chi connectivity index (χ4n) is 3.84. The minimum Gasteiger partial charge on any atom is -0.438 e. The summed E-state index contributed by atoms with van der Waals surface area (Å²) >= 11 is 4.55. The number of carbonyl (C=O) groups is 2. The van der Waals surface area contributed by atoms with Crippen molar-refractivity contribution in [1.82, 2.24) is 10.4 Å². The third-order valence-electron chi connectivity index (χ3n) is 5.53. The van der Waals surface area contributed by atoms with Crippen LogP contribution in [0.2, 0.25) is 0 Å². The molecule has 14 heteroatoms. The number of halogens is 4. The molecule has 9 nitrogen and oxygen atoms in total. The van der Waals surface area contributed by atoms with Crippen molar-refractivity contribution < 1.29 is 36.7 Å². The topological polar surface area (TPSA) is 100 Å². The Morgan fingerprint density at radius 1 is 1.25 bits per heavy atom. The summed E-state index contributed by atoms with van der Waals surface area (Å²) in [5.41, 5.74) is 3.67. The van der Waals surface area contributed by atoms with Crippen LogP contribution in [-0.4, -0.2) is 73.0 Å². The van der Waals surface area contributed by atoms with Gasteiger partial charge in [-0.1, -0.05) is 12.2 Å². The molecule has 2 heterocycles. The normalized spacial score (nSPS) is 25.2. The van der Waals surface area contributed by atoms with Gasteiger partial charge in [-0.2, -0.15) is 0 Å². The minimum absolute atomic E-state index is 0.00576. The largest absolute Gasteiger partial charge is 0.438 e. The zero-order chi connectivity index (χ0) is 23.2. The molecule has 2 saturated heterocycles. The number of ether oxygens (including phenoxy) is 1. The molecule has 1 aromatic rings. The number of primary amides is 1. The predicted octanol–water partition coefficient (Wildman–Crippen LogP) is 1.75. The summed E-state index contributed by atoms with van der Waals surface area (Å²) in [5.74, 6) is -1.85. The lowest BCUT2D eigenvalue weighted by atomic mass is 10.2. The molecule has 0 bridgehead atoms. The Labute approximate surface area is 184 Å². The van der Waals surface area contributed by atoms with E-state index in [2.05, 4.69) is 17.5 Å². The Hall–Kier alpha value is -2.87.